The van der Waals surface area contributed by atoms with Crippen molar-refractivity contribution in [1.82, 2.24) is 10.2 Å². The van der Waals surface area contributed by atoms with E-state index in [4.69, 9.17) is 9.47 Å². The molecule has 6 nitrogen and oxygen atoms in total. The number of nitrogens with one attached hydrogen (secondary N) is 1. The number of ether oxygens (including phenoxy) is 2. The molecule has 0 aromatic heterocycles. The van der Waals surface area contributed by atoms with Crippen LogP contribution in [0.15, 0.2) is 18.2 Å². The topological polar surface area (TPSA) is 67.9 Å². The first-order valence-corrected chi connectivity index (χ1v) is 9.73. The predicted octanol–water partition coefficient (Wildman–Crippen LogP) is 2.43. The van der Waals surface area contributed by atoms with Gasteiger partial charge in [-0.15, -0.1) is 0 Å². The predicted molar refractivity (Wildman–Crippen MR) is 103 cm³/mol. The van der Waals surface area contributed by atoms with Gasteiger partial charge < -0.3 is 19.7 Å². The molecule has 0 spiro atoms. The molecule has 1 saturated carbocycles. The first kappa shape index (κ1) is 19.5. The summed E-state index contributed by atoms with van der Waals surface area (Å²) < 4.78 is 10.9. The van der Waals surface area contributed by atoms with Gasteiger partial charge >= 0.3 is 0 Å². The molecule has 1 aromatic carbocycles. The second-order valence-electron chi connectivity index (χ2n) is 7.98. The van der Waals surface area contributed by atoms with Crippen molar-refractivity contribution < 1.29 is 19.1 Å². The zero-order valence-corrected chi connectivity index (χ0v) is 16.7. The van der Waals surface area contributed by atoms with E-state index in [1.54, 1.807) is 14.2 Å². The maximum atomic E-state index is 12.9. The maximum absolute atomic E-state index is 12.9. The van der Waals surface area contributed by atoms with Crippen molar-refractivity contribution in [2.24, 2.45) is 17.8 Å². The molecule has 2 atom stereocenters. The lowest BCUT2D eigenvalue weighted by Crippen LogP contribution is -2.37. The average molecular weight is 374 g/mol. The standard InChI is InChI=1S/C21H30N2O4/c1-13(2)10-22-20(24)18-12-23(21(25)14-5-6-14)11-17(18)16-8-7-15(26-3)9-19(16)27-4/h7-9,13-14,17-18H,5-6,10-12H2,1-4H3,(H,22,24)/t17-,18-/m0/s1. The number of methoxy groups -OCH3 is 2. The van der Waals surface area contributed by atoms with Crippen LogP contribution in [0, 0.1) is 17.8 Å². The molecule has 6 heteroatoms. The molecule has 27 heavy (non-hydrogen) atoms. The minimum atomic E-state index is -0.270. The van der Waals surface area contributed by atoms with E-state index in [0.29, 0.717) is 37.1 Å². The van der Waals surface area contributed by atoms with Crippen molar-refractivity contribution in [1.29, 1.82) is 0 Å². The van der Waals surface area contributed by atoms with E-state index in [1.165, 1.54) is 0 Å². The van der Waals surface area contributed by atoms with Crippen LogP contribution in [0.1, 0.15) is 38.2 Å². The summed E-state index contributed by atoms with van der Waals surface area (Å²) in [6.45, 7) is 5.80. The van der Waals surface area contributed by atoms with Crippen LogP contribution in [-0.2, 0) is 9.59 Å². The van der Waals surface area contributed by atoms with E-state index in [9.17, 15) is 9.59 Å². The maximum Gasteiger partial charge on any atom is 0.225 e. The Labute approximate surface area is 161 Å². The van der Waals surface area contributed by atoms with Gasteiger partial charge in [0, 0.05) is 43.1 Å². The Hall–Kier alpha value is -2.24. The first-order chi connectivity index (χ1) is 12.9. The minimum Gasteiger partial charge on any atom is -0.497 e. The Kier molecular flexibility index (Phi) is 5.92. The van der Waals surface area contributed by atoms with E-state index in [2.05, 4.69) is 19.2 Å². The summed E-state index contributed by atoms with van der Waals surface area (Å²) in [5.41, 5.74) is 0.953. The Morgan fingerprint density at radius 2 is 1.93 bits per heavy atom. The number of likely N-dealkylation sites (tertiary alicyclic amines) is 1. The van der Waals surface area contributed by atoms with Gasteiger partial charge in [-0.3, -0.25) is 9.59 Å². The zero-order valence-electron chi connectivity index (χ0n) is 16.7. The summed E-state index contributed by atoms with van der Waals surface area (Å²) in [4.78, 5) is 27.4. The number of amides is 2. The van der Waals surface area contributed by atoms with Gasteiger partial charge in [-0.1, -0.05) is 19.9 Å². The lowest BCUT2D eigenvalue weighted by Gasteiger charge is -2.21. The van der Waals surface area contributed by atoms with E-state index in [0.717, 1.165) is 18.4 Å². The molecule has 2 amide bonds. The van der Waals surface area contributed by atoms with Gasteiger partial charge in [-0.05, 0) is 24.8 Å². The molecule has 1 aliphatic carbocycles. The molecule has 2 aliphatic rings. The van der Waals surface area contributed by atoms with E-state index < -0.39 is 0 Å². The number of benzene rings is 1. The van der Waals surface area contributed by atoms with Gasteiger partial charge in [0.1, 0.15) is 11.5 Å². The van der Waals surface area contributed by atoms with Crippen molar-refractivity contribution >= 4 is 11.8 Å². The second kappa shape index (κ2) is 8.19. The van der Waals surface area contributed by atoms with Gasteiger partial charge in [0.25, 0.3) is 0 Å². The largest absolute Gasteiger partial charge is 0.497 e. The fraction of sp³-hybridized carbons (Fsp3) is 0.619. The van der Waals surface area contributed by atoms with Gasteiger partial charge in [0.2, 0.25) is 11.8 Å². The van der Waals surface area contributed by atoms with Crippen molar-refractivity contribution in [3.8, 4) is 11.5 Å². The lowest BCUT2D eigenvalue weighted by molar-refractivity contribution is -0.132. The molecule has 0 radical (unpaired) electrons. The van der Waals surface area contributed by atoms with Crippen LogP contribution in [0.25, 0.3) is 0 Å². The van der Waals surface area contributed by atoms with Crippen LogP contribution in [0.4, 0.5) is 0 Å². The third-order valence-corrected chi connectivity index (χ3v) is 5.42. The van der Waals surface area contributed by atoms with Crippen LogP contribution in [-0.4, -0.2) is 50.6 Å². The molecular formula is C21H30N2O4. The number of hydrogen-bond donors (Lipinski definition) is 1. The third kappa shape index (κ3) is 4.37. The highest BCUT2D eigenvalue weighted by molar-refractivity contribution is 5.85. The molecule has 0 unspecified atom stereocenters. The number of rotatable bonds is 7. The summed E-state index contributed by atoms with van der Waals surface area (Å²) in [7, 11) is 3.23. The fourth-order valence-electron chi connectivity index (χ4n) is 3.71. The SMILES string of the molecule is COc1ccc([C@@H]2CN(C(=O)C3CC3)C[C@@H]2C(=O)NCC(C)C)c(OC)c1. The lowest BCUT2D eigenvalue weighted by atomic mass is 9.87. The summed E-state index contributed by atoms with van der Waals surface area (Å²) >= 11 is 0. The van der Waals surface area contributed by atoms with Crippen molar-refractivity contribution in [2.45, 2.75) is 32.6 Å². The minimum absolute atomic E-state index is 0.0117. The Morgan fingerprint density at radius 3 is 2.52 bits per heavy atom. The number of carbonyl (C=O) groups excluding carboxylic acids is 2. The fourth-order valence-corrected chi connectivity index (χ4v) is 3.71. The molecular weight excluding hydrogens is 344 g/mol. The van der Waals surface area contributed by atoms with E-state index >= 15 is 0 Å². The average Bonchev–Trinajstić information content (AvgIpc) is 3.43. The van der Waals surface area contributed by atoms with Crippen LogP contribution in [0.2, 0.25) is 0 Å². The number of hydrogen-bond acceptors (Lipinski definition) is 4. The molecule has 1 aromatic rings. The summed E-state index contributed by atoms with van der Waals surface area (Å²) in [6, 6.07) is 5.67. The highest BCUT2D eigenvalue weighted by atomic mass is 16.5. The highest BCUT2D eigenvalue weighted by Crippen LogP contribution is 2.41. The van der Waals surface area contributed by atoms with Crippen molar-refractivity contribution in [2.75, 3.05) is 33.9 Å². The van der Waals surface area contributed by atoms with E-state index in [-0.39, 0.29) is 29.6 Å². The summed E-state index contributed by atoms with van der Waals surface area (Å²) in [6.07, 6.45) is 1.94. The molecule has 1 N–H and O–H groups in total. The monoisotopic (exact) mass is 374 g/mol. The number of nitrogens with zero attached hydrogens (tertiary/aromatic N) is 1. The van der Waals surface area contributed by atoms with Crippen molar-refractivity contribution in [3.05, 3.63) is 23.8 Å². The van der Waals surface area contributed by atoms with Crippen LogP contribution >= 0.6 is 0 Å². The summed E-state index contributed by atoms with van der Waals surface area (Å²) in [5.74, 6) is 1.79. The van der Waals surface area contributed by atoms with Gasteiger partial charge in [-0.25, -0.2) is 0 Å². The quantitative estimate of drug-likeness (QED) is 0.796. The second-order valence-corrected chi connectivity index (χ2v) is 7.98. The molecule has 1 heterocycles. The highest BCUT2D eigenvalue weighted by Gasteiger charge is 2.44. The molecule has 1 saturated heterocycles. The van der Waals surface area contributed by atoms with Gasteiger partial charge in [0.05, 0.1) is 20.1 Å². The van der Waals surface area contributed by atoms with Crippen LogP contribution < -0.4 is 14.8 Å². The molecule has 0 bridgehead atoms. The Bertz CT molecular complexity index is 699. The van der Waals surface area contributed by atoms with Crippen molar-refractivity contribution in [3.63, 3.8) is 0 Å². The van der Waals surface area contributed by atoms with Gasteiger partial charge in [-0.2, -0.15) is 0 Å². The van der Waals surface area contributed by atoms with Crippen LogP contribution in [0.3, 0.4) is 0 Å². The van der Waals surface area contributed by atoms with Gasteiger partial charge in [0.15, 0.2) is 0 Å². The van der Waals surface area contributed by atoms with E-state index in [1.807, 2.05) is 23.1 Å². The molecule has 2 fully saturated rings. The zero-order chi connectivity index (χ0) is 19.6. The Balaban J connectivity index is 1.86. The normalized spacial score (nSPS) is 22.0. The third-order valence-electron chi connectivity index (χ3n) is 5.42. The summed E-state index contributed by atoms with van der Waals surface area (Å²) in [5, 5.41) is 3.05. The smallest absolute Gasteiger partial charge is 0.225 e. The molecule has 1 aliphatic heterocycles. The molecule has 3 rings (SSSR count). The Morgan fingerprint density at radius 1 is 1.19 bits per heavy atom. The first-order valence-electron chi connectivity index (χ1n) is 9.73. The number of carbonyl (C=O) groups is 2. The van der Waals surface area contributed by atoms with Crippen LogP contribution in [0.5, 0.6) is 11.5 Å². The molecule has 148 valence electrons.